The predicted octanol–water partition coefficient (Wildman–Crippen LogP) is 1.88. The maximum absolute atomic E-state index is 9.68. The summed E-state index contributed by atoms with van der Waals surface area (Å²) < 4.78 is 0. The smallest absolute Gasteiger partial charge is 0.0812 e. The van der Waals surface area contributed by atoms with Crippen molar-refractivity contribution in [2.24, 2.45) is 5.92 Å². The molecule has 1 aromatic carbocycles. The van der Waals surface area contributed by atoms with Crippen LogP contribution in [0.2, 0.25) is 0 Å². The topological polar surface area (TPSA) is 20.2 Å². The largest absolute Gasteiger partial charge is 0.388 e. The van der Waals surface area contributed by atoms with E-state index in [1.54, 1.807) is 0 Å². The molecule has 2 atom stereocenters. The van der Waals surface area contributed by atoms with Crippen LogP contribution in [0.25, 0.3) is 0 Å². The molecule has 0 saturated heterocycles. The first-order chi connectivity index (χ1) is 5.61. The fourth-order valence-electron chi connectivity index (χ4n) is 1.08. The molecule has 0 aromatic heterocycles. The van der Waals surface area contributed by atoms with Crippen molar-refractivity contribution in [2.45, 2.75) is 20.0 Å². The average molecular weight is 182 g/mol. The first-order valence-corrected chi connectivity index (χ1v) is 4.72. The summed E-state index contributed by atoms with van der Waals surface area (Å²) in [5.74, 6) is 0.278. The van der Waals surface area contributed by atoms with Crippen molar-refractivity contribution in [3.8, 4) is 0 Å². The highest BCUT2D eigenvalue weighted by atomic mass is 31.0. The molecule has 0 amide bonds. The Kier molecular flexibility index (Phi) is 3.25. The van der Waals surface area contributed by atoms with Crippen molar-refractivity contribution < 1.29 is 5.11 Å². The Balaban J connectivity index is 2.82. The molecule has 1 rings (SSSR count). The van der Waals surface area contributed by atoms with Crippen LogP contribution in [-0.2, 0) is 0 Å². The Morgan fingerprint density at radius 2 is 1.67 bits per heavy atom. The van der Waals surface area contributed by atoms with Crippen molar-refractivity contribution in [1.82, 2.24) is 0 Å². The Morgan fingerprint density at radius 3 is 2.08 bits per heavy atom. The van der Waals surface area contributed by atoms with Gasteiger partial charge in [0.25, 0.3) is 0 Å². The van der Waals surface area contributed by atoms with E-state index < -0.39 is 0 Å². The molecule has 1 nitrogen and oxygen atoms in total. The zero-order valence-electron chi connectivity index (χ0n) is 7.49. The molecular weight excluding hydrogens is 167 g/mol. The Hall–Kier alpha value is -0.390. The van der Waals surface area contributed by atoms with Crippen LogP contribution in [0.3, 0.4) is 0 Å². The second-order valence-electron chi connectivity index (χ2n) is 3.36. The van der Waals surface area contributed by atoms with E-state index in [2.05, 4.69) is 9.24 Å². The van der Waals surface area contributed by atoms with Gasteiger partial charge in [-0.05, 0) is 16.8 Å². The van der Waals surface area contributed by atoms with Gasteiger partial charge in [-0.2, -0.15) is 0 Å². The molecule has 12 heavy (non-hydrogen) atoms. The monoisotopic (exact) mass is 182 g/mol. The maximum atomic E-state index is 9.68. The van der Waals surface area contributed by atoms with Crippen molar-refractivity contribution >= 4 is 14.5 Å². The van der Waals surface area contributed by atoms with Gasteiger partial charge in [0.15, 0.2) is 0 Å². The number of hydrogen-bond donors (Lipinski definition) is 1. The summed E-state index contributed by atoms with van der Waals surface area (Å²) in [6, 6.07) is 7.91. The van der Waals surface area contributed by atoms with E-state index in [1.165, 1.54) is 0 Å². The molecule has 2 heteroatoms. The van der Waals surface area contributed by atoms with E-state index in [-0.39, 0.29) is 12.0 Å². The summed E-state index contributed by atoms with van der Waals surface area (Å²) in [6.45, 7) is 4.03. The van der Waals surface area contributed by atoms with E-state index in [0.29, 0.717) is 0 Å². The van der Waals surface area contributed by atoms with Gasteiger partial charge < -0.3 is 5.11 Å². The molecule has 1 aromatic rings. The van der Waals surface area contributed by atoms with Crippen molar-refractivity contribution in [3.05, 3.63) is 29.8 Å². The van der Waals surface area contributed by atoms with Gasteiger partial charge in [-0.3, -0.25) is 0 Å². The van der Waals surface area contributed by atoms with E-state index in [1.807, 2.05) is 38.1 Å². The highest BCUT2D eigenvalue weighted by Gasteiger charge is 2.10. The van der Waals surface area contributed by atoms with E-state index >= 15 is 0 Å². The van der Waals surface area contributed by atoms with Gasteiger partial charge in [0.2, 0.25) is 0 Å². The number of aliphatic hydroxyl groups is 1. The van der Waals surface area contributed by atoms with E-state index in [4.69, 9.17) is 0 Å². The summed E-state index contributed by atoms with van der Waals surface area (Å²) >= 11 is 0. The van der Waals surface area contributed by atoms with Gasteiger partial charge in [-0.1, -0.05) is 38.1 Å². The molecule has 0 saturated carbocycles. The fourth-order valence-corrected chi connectivity index (χ4v) is 1.27. The van der Waals surface area contributed by atoms with Gasteiger partial charge in [0.05, 0.1) is 6.10 Å². The molecule has 0 bridgehead atoms. The van der Waals surface area contributed by atoms with Crippen LogP contribution in [0.1, 0.15) is 25.5 Å². The first kappa shape index (κ1) is 9.70. The van der Waals surface area contributed by atoms with Gasteiger partial charge in [-0.15, -0.1) is 9.24 Å². The van der Waals surface area contributed by atoms with Crippen LogP contribution >= 0.6 is 9.24 Å². The maximum Gasteiger partial charge on any atom is 0.0812 e. The van der Waals surface area contributed by atoms with Crippen molar-refractivity contribution in [1.29, 1.82) is 0 Å². The molecule has 0 spiro atoms. The zero-order valence-corrected chi connectivity index (χ0v) is 8.64. The fraction of sp³-hybridized carbons (Fsp3) is 0.400. The Labute approximate surface area is 76.0 Å². The number of benzene rings is 1. The molecule has 0 fully saturated rings. The van der Waals surface area contributed by atoms with Crippen LogP contribution in [0, 0.1) is 5.92 Å². The lowest BCUT2D eigenvalue weighted by atomic mass is 9.99. The number of rotatable bonds is 2. The lowest BCUT2D eigenvalue weighted by molar-refractivity contribution is 0.127. The van der Waals surface area contributed by atoms with Crippen LogP contribution in [0.15, 0.2) is 24.3 Å². The Bertz CT molecular complexity index is 241. The van der Waals surface area contributed by atoms with Gasteiger partial charge in [0.1, 0.15) is 0 Å². The lowest BCUT2D eigenvalue weighted by Crippen LogP contribution is -2.05. The number of aliphatic hydroxyl groups excluding tert-OH is 1. The molecule has 1 N–H and O–H groups in total. The third-order valence-electron chi connectivity index (χ3n) is 1.91. The summed E-state index contributed by atoms with van der Waals surface area (Å²) in [4.78, 5) is 0. The normalized spacial score (nSPS) is 13.4. The summed E-state index contributed by atoms with van der Waals surface area (Å²) in [7, 11) is 2.63. The molecule has 0 radical (unpaired) electrons. The third kappa shape index (κ3) is 2.30. The summed E-state index contributed by atoms with van der Waals surface area (Å²) in [6.07, 6.45) is -0.337. The average Bonchev–Trinajstić information content (AvgIpc) is 2.04. The molecular formula is C10H15OP. The van der Waals surface area contributed by atoms with Crippen LogP contribution in [0.4, 0.5) is 0 Å². The predicted molar refractivity (Wildman–Crippen MR) is 55.6 cm³/mol. The molecule has 2 unspecified atom stereocenters. The molecule has 0 aliphatic carbocycles. The standard InChI is InChI=1S/C10H15OP/c1-7(2)10(11)8-3-5-9(12)6-4-8/h3-7,10-11H,12H2,1-2H3. The summed E-state index contributed by atoms with van der Waals surface area (Å²) in [5.41, 5.74) is 0.996. The van der Waals surface area contributed by atoms with E-state index in [9.17, 15) is 5.11 Å². The first-order valence-electron chi connectivity index (χ1n) is 4.14. The third-order valence-corrected chi connectivity index (χ3v) is 2.29. The SMILES string of the molecule is CC(C)C(O)c1ccc(P)cc1. The minimum atomic E-state index is -0.337. The second kappa shape index (κ2) is 4.02. The van der Waals surface area contributed by atoms with Crippen molar-refractivity contribution in [2.75, 3.05) is 0 Å². The summed E-state index contributed by atoms with van der Waals surface area (Å²) in [5, 5.41) is 10.8. The van der Waals surface area contributed by atoms with E-state index in [0.717, 1.165) is 10.9 Å². The zero-order chi connectivity index (χ0) is 9.14. The Morgan fingerprint density at radius 1 is 1.17 bits per heavy atom. The van der Waals surface area contributed by atoms with Gasteiger partial charge in [0, 0.05) is 0 Å². The lowest BCUT2D eigenvalue weighted by Gasteiger charge is -2.14. The van der Waals surface area contributed by atoms with Crippen molar-refractivity contribution in [3.63, 3.8) is 0 Å². The van der Waals surface area contributed by atoms with Gasteiger partial charge >= 0.3 is 0 Å². The molecule has 66 valence electrons. The minimum absolute atomic E-state index is 0.278. The van der Waals surface area contributed by atoms with Gasteiger partial charge in [-0.25, -0.2) is 0 Å². The number of hydrogen-bond acceptors (Lipinski definition) is 1. The van der Waals surface area contributed by atoms with Crippen LogP contribution in [-0.4, -0.2) is 5.11 Å². The highest BCUT2D eigenvalue weighted by molar-refractivity contribution is 7.27. The quantitative estimate of drug-likeness (QED) is 0.692. The molecule has 0 heterocycles. The van der Waals surface area contributed by atoms with Crippen LogP contribution in [0.5, 0.6) is 0 Å². The highest BCUT2D eigenvalue weighted by Crippen LogP contribution is 2.20. The van der Waals surface area contributed by atoms with Crippen LogP contribution < -0.4 is 5.30 Å². The second-order valence-corrected chi connectivity index (χ2v) is 4.02. The minimum Gasteiger partial charge on any atom is -0.388 e. The molecule has 0 aliphatic heterocycles. The molecule has 0 aliphatic rings.